The average molecular weight is 407 g/mol. The molecular weight excluding hydrogens is 380 g/mol. The zero-order chi connectivity index (χ0) is 18.5. The molecule has 2 bridgehead atoms. The SMILES string of the molecule is Cl.Cn1ccn2ncc(C(=O)NC[C@H]3[C@@H]4CNC[C@@H](C4)[C@@H]4CCCC(=O)N43)c12. The smallest absolute Gasteiger partial charge is 0.256 e. The van der Waals surface area contributed by atoms with Gasteiger partial charge in [-0.25, -0.2) is 4.52 Å². The lowest BCUT2D eigenvalue weighted by atomic mass is 9.72. The number of amides is 2. The molecule has 9 heteroatoms. The highest BCUT2D eigenvalue weighted by molar-refractivity contribution is 5.99. The zero-order valence-corrected chi connectivity index (χ0v) is 16.8. The molecule has 5 rings (SSSR count). The Balaban J connectivity index is 0.00000192. The molecule has 0 unspecified atom stereocenters. The Morgan fingerprint density at radius 3 is 3.00 bits per heavy atom. The fourth-order valence-electron chi connectivity index (χ4n) is 5.40. The van der Waals surface area contributed by atoms with Crippen molar-refractivity contribution in [2.75, 3.05) is 19.6 Å². The van der Waals surface area contributed by atoms with Crippen LogP contribution in [0.2, 0.25) is 0 Å². The third-order valence-electron chi connectivity index (χ3n) is 6.65. The van der Waals surface area contributed by atoms with Crippen LogP contribution in [0.4, 0.5) is 0 Å². The van der Waals surface area contributed by atoms with Gasteiger partial charge in [-0.2, -0.15) is 5.10 Å². The summed E-state index contributed by atoms with van der Waals surface area (Å²) in [5.41, 5.74) is 1.35. The van der Waals surface area contributed by atoms with Gasteiger partial charge in [0, 0.05) is 45.0 Å². The van der Waals surface area contributed by atoms with Gasteiger partial charge in [-0.1, -0.05) is 0 Å². The number of imidazole rings is 1. The second kappa shape index (κ2) is 7.40. The van der Waals surface area contributed by atoms with Crippen molar-refractivity contribution in [2.45, 2.75) is 37.8 Å². The number of hydrogen-bond donors (Lipinski definition) is 2. The van der Waals surface area contributed by atoms with Gasteiger partial charge in [0.15, 0.2) is 0 Å². The van der Waals surface area contributed by atoms with Crippen LogP contribution < -0.4 is 10.6 Å². The standard InChI is InChI=1S/C19H26N6O2.ClH/c1-23-5-6-24-19(23)14(10-22-24)18(27)21-11-16-13-7-12(8-20-9-13)15-3-2-4-17(26)25(15)16;/h5-6,10,12-13,15-16,20H,2-4,7-9,11H2,1H3,(H,21,27);1H/t12-,13+,15+,16+;/m1./s1. The Morgan fingerprint density at radius 1 is 1.32 bits per heavy atom. The number of carbonyl (C=O) groups excluding carboxylic acids is 2. The van der Waals surface area contributed by atoms with Crippen molar-refractivity contribution in [1.82, 2.24) is 29.7 Å². The maximum Gasteiger partial charge on any atom is 0.256 e. The third kappa shape index (κ3) is 2.99. The number of halogens is 1. The summed E-state index contributed by atoms with van der Waals surface area (Å²) in [5, 5.41) is 10.9. The van der Waals surface area contributed by atoms with E-state index in [4.69, 9.17) is 0 Å². The minimum atomic E-state index is -0.126. The van der Waals surface area contributed by atoms with Crippen molar-refractivity contribution in [2.24, 2.45) is 18.9 Å². The topological polar surface area (TPSA) is 83.7 Å². The Hall–Kier alpha value is -2.06. The molecule has 2 N–H and O–H groups in total. The van der Waals surface area contributed by atoms with Crippen LogP contribution in [0.25, 0.3) is 5.65 Å². The molecule has 3 aliphatic rings. The summed E-state index contributed by atoms with van der Waals surface area (Å²) in [6, 6.07) is 0.406. The number of nitrogens with one attached hydrogen (secondary N) is 2. The van der Waals surface area contributed by atoms with Crippen molar-refractivity contribution < 1.29 is 9.59 Å². The number of aromatic nitrogens is 3. The number of carbonyl (C=O) groups is 2. The van der Waals surface area contributed by atoms with Crippen LogP contribution in [0, 0.1) is 11.8 Å². The molecule has 3 fully saturated rings. The van der Waals surface area contributed by atoms with Crippen molar-refractivity contribution >= 4 is 29.9 Å². The molecule has 2 aromatic heterocycles. The van der Waals surface area contributed by atoms with Gasteiger partial charge in [0.2, 0.25) is 5.91 Å². The van der Waals surface area contributed by atoms with E-state index in [1.165, 1.54) is 0 Å². The lowest BCUT2D eigenvalue weighted by molar-refractivity contribution is -0.148. The molecule has 0 saturated carbocycles. The summed E-state index contributed by atoms with van der Waals surface area (Å²) >= 11 is 0. The first-order valence-corrected chi connectivity index (χ1v) is 9.92. The maximum atomic E-state index is 12.8. The summed E-state index contributed by atoms with van der Waals surface area (Å²) in [4.78, 5) is 27.7. The maximum absolute atomic E-state index is 12.8. The number of aryl methyl sites for hydroxylation is 1. The van der Waals surface area contributed by atoms with Crippen molar-refractivity contribution in [3.8, 4) is 0 Å². The molecule has 28 heavy (non-hydrogen) atoms. The third-order valence-corrected chi connectivity index (χ3v) is 6.65. The Morgan fingerprint density at radius 2 is 2.14 bits per heavy atom. The second-order valence-corrected chi connectivity index (χ2v) is 8.19. The molecule has 152 valence electrons. The van der Waals surface area contributed by atoms with E-state index in [-0.39, 0.29) is 30.3 Å². The Labute approximate surface area is 170 Å². The number of hydrogen-bond acceptors (Lipinski definition) is 4. The molecule has 0 aromatic carbocycles. The lowest BCUT2D eigenvalue weighted by Gasteiger charge is -2.54. The summed E-state index contributed by atoms with van der Waals surface area (Å²) < 4.78 is 3.59. The van der Waals surface area contributed by atoms with E-state index >= 15 is 0 Å². The van der Waals surface area contributed by atoms with Crippen LogP contribution in [0.1, 0.15) is 36.0 Å². The molecule has 3 saturated heterocycles. The predicted octanol–water partition coefficient (Wildman–Crippen LogP) is 0.813. The minimum Gasteiger partial charge on any atom is -0.350 e. The van der Waals surface area contributed by atoms with Gasteiger partial charge in [0.25, 0.3) is 5.91 Å². The molecule has 0 aliphatic carbocycles. The van der Waals surface area contributed by atoms with Crippen LogP contribution in [-0.2, 0) is 11.8 Å². The first-order valence-electron chi connectivity index (χ1n) is 9.92. The van der Waals surface area contributed by atoms with E-state index < -0.39 is 0 Å². The summed E-state index contributed by atoms with van der Waals surface area (Å²) in [6.07, 6.45) is 9.19. The van der Waals surface area contributed by atoms with E-state index in [2.05, 4.69) is 20.6 Å². The van der Waals surface area contributed by atoms with Crippen LogP contribution in [0.15, 0.2) is 18.6 Å². The summed E-state index contributed by atoms with van der Waals surface area (Å²) in [5.74, 6) is 1.10. The second-order valence-electron chi connectivity index (χ2n) is 8.19. The van der Waals surface area contributed by atoms with Crippen molar-refractivity contribution in [1.29, 1.82) is 0 Å². The van der Waals surface area contributed by atoms with Gasteiger partial charge in [-0.15, -0.1) is 12.4 Å². The average Bonchev–Trinajstić information content (AvgIpc) is 3.25. The van der Waals surface area contributed by atoms with Crippen LogP contribution in [0.3, 0.4) is 0 Å². The number of nitrogens with zero attached hydrogens (tertiary/aromatic N) is 4. The van der Waals surface area contributed by atoms with Crippen LogP contribution in [-0.4, -0.2) is 62.6 Å². The molecule has 0 spiro atoms. The first kappa shape index (κ1) is 19.3. The highest BCUT2D eigenvalue weighted by Crippen LogP contribution is 2.39. The molecule has 2 amide bonds. The molecule has 3 aliphatic heterocycles. The molecule has 0 radical (unpaired) electrons. The van der Waals surface area contributed by atoms with Gasteiger partial charge < -0.3 is 20.1 Å². The lowest BCUT2D eigenvalue weighted by Crippen LogP contribution is -2.66. The van der Waals surface area contributed by atoms with E-state index in [1.807, 2.05) is 24.0 Å². The van der Waals surface area contributed by atoms with Crippen molar-refractivity contribution in [3.05, 3.63) is 24.2 Å². The van der Waals surface area contributed by atoms with Crippen LogP contribution >= 0.6 is 12.4 Å². The van der Waals surface area contributed by atoms with Gasteiger partial charge in [-0.05, 0) is 37.6 Å². The molecular formula is C19H27ClN6O2. The fraction of sp³-hybridized carbons (Fsp3) is 0.632. The molecule has 4 atom stereocenters. The fourth-order valence-corrected chi connectivity index (χ4v) is 5.40. The monoisotopic (exact) mass is 406 g/mol. The highest BCUT2D eigenvalue weighted by Gasteiger charge is 2.47. The molecule has 2 aromatic rings. The van der Waals surface area contributed by atoms with Gasteiger partial charge in [0.1, 0.15) is 11.2 Å². The number of piperidine rings is 3. The largest absolute Gasteiger partial charge is 0.350 e. The quantitative estimate of drug-likeness (QED) is 0.790. The van der Waals surface area contributed by atoms with Crippen molar-refractivity contribution in [3.63, 3.8) is 0 Å². The normalized spacial score (nSPS) is 29.3. The van der Waals surface area contributed by atoms with E-state index in [0.29, 0.717) is 36.4 Å². The number of fused-ring (bicyclic) bond motifs is 5. The van der Waals surface area contributed by atoms with E-state index in [0.717, 1.165) is 38.0 Å². The minimum absolute atomic E-state index is 0. The predicted molar refractivity (Wildman–Crippen MR) is 106 cm³/mol. The highest BCUT2D eigenvalue weighted by atomic mass is 35.5. The first-order chi connectivity index (χ1) is 13.1. The summed E-state index contributed by atoms with van der Waals surface area (Å²) in [6.45, 7) is 2.43. The molecule has 8 nitrogen and oxygen atoms in total. The molecule has 5 heterocycles. The Bertz CT molecular complexity index is 892. The zero-order valence-electron chi connectivity index (χ0n) is 16.0. The van der Waals surface area contributed by atoms with Gasteiger partial charge in [0.05, 0.1) is 12.2 Å². The summed E-state index contributed by atoms with van der Waals surface area (Å²) in [7, 11) is 1.90. The number of rotatable bonds is 3. The van der Waals surface area contributed by atoms with Crippen LogP contribution in [0.5, 0.6) is 0 Å². The Kier molecular flexibility index (Phi) is 5.09. The van der Waals surface area contributed by atoms with Gasteiger partial charge >= 0.3 is 0 Å². The van der Waals surface area contributed by atoms with Gasteiger partial charge in [-0.3, -0.25) is 9.59 Å². The van der Waals surface area contributed by atoms with E-state index in [9.17, 15) is 9.59 Å². The van der Waals surface area contributed by atoms with E-state index in [1.54, 1.807) is 10.7 Å².